The van der Waals surface area contributed by atoms with Crippen LogP contribution < -0.4 is 0 Å². The number of hydrogen-bond acceptors (Lipinski definition) is 1. The van der Waals surface area contributed by atoms with E-state index in [1.807, 2.05) is 0 Å². The third kappa shape index (κ3) is 25.2. The predicted molar refractivity (Wildman–Crippen MR) is 129 cm³/mol. The smallest absolute Gasteiger partial charge is 0.327 e. The molecular formula is C27H52O2. The van der Waals surface area contributed by atoms with Crippen LogP contribution in [-0.2, 0) is 4.79 Å². The van der Waals surface area contributed by atoms with Gasteiger partial charge in [-0.3, -0.25) is 0 Å². The molecule has 0 saturated carbocycles. The summed E-state index contributed by atoms with van der Waals surface area (Å²) in [6, 6.07) is 0. The second-order valence-electron chi connectivity index (χ2n) is 9.20. The molecule has 1 unspecified atom stereocenters. The zero-order valence-electron chi connectivity index (χ0n) is 19.9. The Balaban J connectivity index is 3.06. The van der Waals surface area contributed by atoms with Crippen LogP contribution in [0.25, 0.3) is 0 Å². The van der Waals surface area contributed by atoms with Gasteiger partial charge in [0.15, 0.2) is 0 Å². The molecule has 2 heteroatoms. The largest absolute Gasteiger partial charge is 0.478 e. The van der Waals surface area contributed by atoms with Crippen LogP contribution in [0.15, 0.2) is 12.2 Å². The number of aliphatic carboxylic acids is 1. The van der Waals surface area contributed by atoms with Crippen molar-refractivity contribution in [1.82, 2.24) is 0 Å². The molecule has 0 spiro atoms. The van der Waals surface area contributed by atoms with Crippen molar-refractivity contribution < 1.29 is 9.90 Å². The molecule has 2 nitrogen and oxygen atoms in total. The maximum Gasteiger partial charge on any atom is 0.327 e. The lowest BCUT2D eigenvalue weighted by Crippen LogP contribution is -1.91. The summed E-state index contributed by atoms with van der Waals surface area (Å²) >= 11 is 0. The Hall–Kier alpha value is -0.790. The molecule has 0 aromatic carbocycles. The first kappa shape index (κ1) is 28.2. The van der Waals surface area contributed by atoms with E-state index in [0.29, 0.717) is 0 Å². The van der Waals surface area contributed by atoms with Crippen LogP contribution in [0, 0.1) is 5.92 Å². The van der Waals surface area contributed by atoms with Gasteiger partial charge >= 0.3 is 5.97 Å². The Bertz CT molecular complexity index is 362. The Labute approximate surface area is 182 Å². The van der Waals surface area contributed by atoms with E-state index in [4.69, 9.17) is 5.11 Å². The van der Waals surface area contributed by atoms with Crippen molar-refractivity contribution in [2.75, 3.05) is 0 Å². The first-order chi connectivity index (χ1) is 14.2. The van der Waals surface area contributed by atoms with E-state index in [1.54, 1.807) is 6.08 Å². The van der Waals surface area contributed by atoms with Crippen LogP contribution in [0.3, 0.4) is 0 Å². The van der Waals surface area contributed by atoms with Gasteiger partial charge in [0.2, 0.25) is 0 Å². The molecule has 1 N–H and O–H groups in total. The van der Waals surface area contributed by atoms with E-state index in [9.17, 15) is 4.79 Å². The summed E-state index contributed by atoms with van der Waals surface area (Å²) in [5.41, 5.74) is 0. The molecule has 172 valence electrons. The van der Waals surface area contributed by atoms with Crippen molar-refractivity contribution in [3.63, 3.8) is 0 Å². The van der Waals surface area contributed by atoms with Gasteiger partial charge in [-0.2, -0.15) is 0 Å². The lowest BCUT2D eigenvalue weighted by atomic mass is 9.99. The summed E-state index contributed by atoms with van der Waals surface area (Å²) in [7, 11) is 0. The summed E-state index contributed by atoms with van der Waals surface area (Å²) in [6.07, 6.45) is 31.9. The molecule has 0 aliphatic heterocycles. The number of carboxylic acid groups (broad SMARTS) is 1. The minimum atomic E-state index is -0.830. The fraction of sp³-hybridized carbons (Fsp3) is 0.889. The highest BCUT2D eigenvalue weighted by Gasteiger charge is 1.98. The van der Waals surface area contributed by atoms with Crippen molar-refractivity contribution in [3.8, 4) is 0 Å². The molecule has 0 radical (unpaired) electrons. The molecule has 0 fully saturated rings. The molecule has 1 atom stereocenters. The van der Waals surface area contributed by atoms with Crippen LogP contribution in [0.5, 0.6) is 0 Å². The zero-order valence-corrected chi connectivity index (χ0v) is 19.9. The van der Waals surface area contributed by atoms with Crippen LogP contribution in [0.1, 0.15) is 149 Å². The van der Waals surface area contributed by atoms with Crippen molar-refractivity contribution in [2.45, 2.75) is 149 Å². The van der Waals surface area contributed by atoms with Gasteiger partial charge in [0.1, 0.15) is 0 Å². The minimum absolute atomic E-state index is 0.830. The number of carboxylic acids is 1. The average Bonchev–Trinajstić information content (AvgIpc) is 2.71. The van der Waals surface area contributed by atoms with Gasteiger partial charge in [-0.05, 0) is 18.8 Å². The van der Waals surface area contributed by atoms with Crippen LogP contribution in [-0.4, -0.2) is 11.1 Å². The zero-order chi connectivity index (χ0) is 21.4. The molecule has 0 rings (SSSR count). The number of hydrogen-bond donors (Lipinski definition) is 1. The Kier molecular flexibility index (Phi) is 22.8. The maximum atomic E-state index is 10.3. The fourth-order valence-corrected chi connectivity index (χ4v) is 3.97. The Morgan fingerprint density at radius 1 is 0.655 bits per heavy atom. The highest BCUT2D eigenvalue weighted by molar-refractivity contribution is 5.79. The van der Waals surface area contributed by atoms with Crippen LogP contribution in [0.4, 0.5) is 0 Å². The highest BCUT2D eigenvalue weighted by atomic mass is 16.4. The van der Waals surface area contributed by atoms with Gasteiger partial charge in [-0.25, -0.2) is 4.79 Å². The summed E-state index contributed by atoms with van der Waals surface area (Å²) in [4.78, 5) is 10.3. The standard InChI is InChI=1S/C27H52O2/c1-3-26(2)24-22-20-18-16-14-12-10-8-6-4-5-7-9-11-13-15-17-19-21-23-25-27(28)29/h23,25-26H,3-22,24H2,1-2H3,(H,28,29). The number of rotatable bonds is 23. The third-order valence-electron chi connectivity index (χ3n) is 6.28. The summed E-state index contributed by atoms with van der Waals surface area (Å²) in [5, 5.41) is 8.50. The van der Waals surface area contributed by atoms with Gasteiger partial charge in [0, 0.05) is 6.08 Å². The van der Waals surface area contributed by atoms with Crippen LogP contribution >= 0.6 is 0 Å². The average molecular weight is 409 g/mol. The first-order valence-corrected chi connectivity index (χ1v) is 13.1. The molecule has 0 aromatic rings. The van der Waals surface area contributed by atoms with Crippen molar-refractivity contribution in [2.24, 2.45) is 5.92 Å². The summed E-state index contributed by atoms with van der Waals surface area (Å²) in [6.45, 7) is 4.69. The van der Waals surface area contributed by atoms with E-state index in [0.717, 1.165) is 18.8 Å². The van der Waals surface area contributed by atoms with Crippen LogP contribution in [0.2, 0.25) is 0 Å². The van der Waals surface area contributed by atoms with Crippen molar-refractivity contribution in [3.05, 3.63) is 12.2 Å². The molecule has 29 heavy (non-hydrogen) atoms. The van der Waals surface area contributed by atoms with E-state index >= 15 is 0 Å². The lowest BCUT2D eigenvalue weighted by molar-refractivity contribution is -0.131. The highest BCUT2D eigenvalue weighted by Crippen LogP contribution is 2.16. The van der Waals surface area contributed by atoms with Gasteiger partial charge in [-0.1, -0.05) is 142 Å². The predicted octanol–water partition coefficient (Wildman–Crippen LogP) is 9.48. The molecule has 0 amide bonds. The molecular weight excluding hydrogens is 356 g/mol. The second kappa shape index (κ2) is 23.5. The monoisotopic (exact) mass is 408 g/mol. The number of allylic oxidation sites excluding steroid dienone is 1. The van der Waals surface area contributed by atoms with E-state index in [1.165, 1.54) is 128 Å². The van der Waals surface area contributed by atoms with E-state index in [2.05, 4.69) is 13.8 Å². The quantitative estimate of drug-likeness (QED) is 0.135. The summed E-state index contributed by atoms with van der Waals surface area (Å²) in [5.74, 6) is 0.101. The Morgan fingerprint density at radius 2 is 1.00 bits per heavy atom. The molecule has 0 bridgehead atoms. The van der Waals surface area contributed by atoms with E-state index < -0.39 is 5.97 Å². The minimum Gasteiger partial charge on any atom is -0.478 e. The van der Waals surface area contributed by atoms with Gasteiger partial charge in [-0.15, -0.1) is 0 Å². The molecule has 0 aliphatic rings. The van der Waals surface area contributed by atoms with Crippen molar-refractivity contribution in [1.29, 1.82) is 0 Å². The Morgan fingerprint density at radius 3 is 1.34 bits per heavy atom. The number of carbonyl (C=O) groups is 1. The van der Waals surface area contributed by atoms with Gasteiger partial charge < -0.3 is 5.11 Å². The topological polar surface area (TPSA) is 37.3 Å². The van der Waals surface area contributed by atoms with Crippen molar-refractivity contribution >= 4 is 5.97 Å². The lowest BCUT2D eigenvalue weighted by Gasteiger charge is -2.07. The third-order valence-corrected chi connectivity index (χ3v) is 6.28. The second-order valence-corrected chi connectivity index (χ2v) is 9.20. The maximum absolute atomic E-state index is 10.3. The SMILES string of the molecule is CCC(C)CCCCCCCCCCCCCCCCCCCCC=CC(=O)O. The molecule has 0 saturated heterocycles. The summed E-state index contributed by atoms with van der Waals surface area (Å²) < 4.78 is 0. The van der Waals surface area contributed by atoms with Gasteiger partial charge in [0.05, 0.1) is 0 Å². The fourth-order valence-electron chi connectivity index (χ4n) is 3.97. The van der Waals surface area contributed by atoms with Gasteiger partial charge in [0.25, 0.3) is 0 Å². The van der Waals surface area contributed by atoms with E-state index in [-0.39, 0.29) is 0 Å². The first-order valence-electron chi connectivity index (χ1n) is 13.1. The normalized spacial score (nSPS) is 12.6. The molecule has 0 aliphatic carbocycles. The molecule has 0 aromatic heterocycles. The molecule has 0 heterocycles. The number of unbranched alkanes of at least 4 members (excludes halogenated alkanes) is 18.